The molecule has 0 aliphatic heterocycles. The van der Waals surface area contributed by atoms with Crippen molar-refractivity contribution in [1.29, 1.82) is 0 Å². The van der Waals surface area contributed by atoms with Crippen LogP contribution in [0.3, 0.4) is 0 Å². The van der Waals surface area contributed by atoms with Crippen molar-refractivity contribution in [3.8, 4) is 0 Å². The van der Waals surface area contributed by atoms with Crippen molar-refractivity contribution in [2.24, 2.45) is 0 Å². The fourth-order valence-electron chi connectivity index (χ4n) is 2.44. The first-order valence-electron chi connectivity index (χ1n) is 8.24. The molecule has 4 nitrogen and oxygen atoms in total. The number of aryl methyl sites for hydroxylation is 3. The number of carbonyl (C=O) groups excluding carboxylic acids is 2. The average molecular weight is 356 g/mol. The van der Waals surface area contributed by atoms with Gasteiger partial charge in [0.25, 0.3) is 0 Å². The zero-order chi connectivity index (χ0) is 18.4. The van der Waals surface area contributed by atoms with Crippen LogP contribution >= 0.6 is 11.8 Å². The Labute approximate surface area is 153 Å². The predicted molar refractivity (Wildman–Crippen MR) is 104 cm³/mol. The molecule has 25 heavy (non-hydrogen) atoms. The summed E-state index contributed by atoms with van der Waals surface area (Å²) >= 11 is 1.50. The van der Waals surface area contributed by atoms with E-state index in [1.807, 2.05) is 70.2 Å². The molecule has 5 heteroatoms. The molecule has 0 bridgehead atoms. The molecule has 1 unspecified atom stereocenters. The summed E-state index contributed by atoms with van der Waals surface area (Å²) in [5.74, 6) is -0.372. The van der Waals surface area contributed by atoms with Crippen LogP contribution in [0.25, 0.3) is 0 Å². The smallest absolute Gasteiger partial charge is 0.243 e. The van der Waals surface area contributed by atoms with E-state index in [1.165, 1.54) is 11.8 Å². The third-order valence-corrected chi connectivity index (χ3v) is 5.21. The Hall–Kier alpha value is -2.27. The maximum absolute atomic E-state index is 12.2. The predicted octanol–water partition coefficient (Wildman–Crippen LogP) is 3.85. The first-order chi connectivity index (χ1) is 11.9. The molecule has 0 saturated carbocycles. The van der Waals surface area contributed by atoms with Gasteiger partial charge in [-0.3, -0.25) is 9.59 Å². The second kappa shape index (κ2) is 8.72. The molecule has 0 spiro atoms. The SMILES string of the molecule is Cc1ccccc1SC(C)C(=O)NCC(=O)Nc1c(C)cccc1C. The average Bonchev–Trinajstić information content (AvgIpc) is 2.58. The number of hydrogen-bond acceptors (Lipinski definition) is 3. The van der Waals surface area contributed by atoms with Gasteiger partial charge < -0.3 is 10.6 Å². The summed E-state index contributed by atoms with van der Waals surface area (Å²) in [6, 6.07) is 13.8. The van der Waals surface area contributed by atoms with Crippen LogP contribution in [0.1, 0.15) is 23.6 Å². The van der Waals surface area contributed by atoms with Gasteiger partial charge in [-0.05, 0) is 50.5 Å². The minimum atomic E-state index is -0.269. The van der Waals surface area contributed by atoms with Gasteiger partial charge in [0.2, 0.25) is 11.8 Å². The molecule has 0 aliphatic rings. The van der Waals surface area contributed by atoms with Crippen LogP contribution in [-0.4, -0.2) is 23.6 Å². The lowest BCUT2D eigenvalue weighted by molar-refractivity contribution is -0.123. The number of carbonyl (C=O) groups is 2. The number of anilines is 1. The van der Waals surface area contributed by atoms with Crippen molar-refractivity contribution < 1.29 is 9.59 Å². The third-order valence-electron chi connectivity index (χ3n) is 3.94. The van der Waals surface area contributed by atoms with E-state index in [1.54, 1.807) is 0 Å². The van der Waals surface area contributed by atoms with Crippen LogP contribution in [0.2, 0.25) is 0 Å². The second-order valence-corrected chi connectivity index (χ2v) is 7.44. The number of thioether (sulfide) groups is 1. The van der Waals surface area contributed by atoms with E-state index in [4.69, 9.17) is 0 Å². The van der Waals surface area contributed by atoms with Crippen LogP contribution in [-0.2, 0) is 9.59 Å². The van der Waals surface area contributed by atoms with E-state index in [9.17, 15) is 9.59 Å². The van der Waals surface area contributed by atoms with Crippen molar-refractivity contribution >= 4 is 29.3 Å². The summed E-state index contributed by atoms with van der Waals surface area (Å²) in [6.07, 6.45) is 0. The summed E-state index contributed by atoms with van der Waals surface area (Å²) < 4.78 is 0. The van der Waals surface area contributed by atoms with Crippen LogP contribution < -0.4 is 10.6 Å². The Balaban J connectivity index is 1.87. The van der Waals surface area contributed by atoms with Crippen molar-refractivity contribution in [2.45, 2.75) is 37.8 Å². The molecule has 0 fully saturated rings. The van der Waals surface area contributed by atoms with E-state index in [-0.39, 0.29) is 23.6 Å². The minimum Gasteiger partial charge on any atom is -0.346 e. The molecule has 2 N–H and O–H groups in total. The van der Waals surface area contributed by atoms with E-state index < -0.39 is 0 Å². The molecule has 0 aromatic heterocycles. The topological polar surface area (TPSA) is 58.2 Å². The Morgan fingerprint density at radius 2 is 1.56 bits per heavy atom. The molecular formula is C20H24N2O2S. The van der Waals surface area contributed by atoms with Gasteiger partial charge in [0, 0.05) is 10.6 Å². The lowest BCUT2D eigenvalue weighted by Gasteiger charge is -2.14. The summed E-state index contributed by atoms with van der Waals surface area (Å²) in [4.78, 5) is 25.4. The summed E-state index contributed by atoms with van der Waals surface area (Å²) in [7, 11) is 0. The molecule has 0 radical (unpaired) electrons. The highest BCUT2D eigenvalue weighted by Gasteiger charge is 2.16. The minimum absolute atomic E-state index is 0.0364. The number of para-hydroxylation sites is 1. The molecule has 2 rings (SSSR count). The molecule has 2 aromatic rings. The zero-order valence-corrected chi connectivity index (χ0v) is 15.9. The van der Waals surface area contributed by atoms with Crippen LogP contribution in [0.4, 0.5) is 5.69 Å². The number of nitrogens with one attached hydrogen (secondary N) is 2. The van der Waals surface area contributed by atoms with Crippen molar-refractivity contribution in [3.63, 3.8) is 0 Å². The molecule has 2 amide bonds. The van der Waals surface area contributed by atoms with Crippen LogP contribution in [0.5, 0.6) is 0 Å². The standard InChI is InChI=1S/C20H24N2O2S/c1-13-8-5-6-11-17(13)25-16(4)20(24)21-12-18(23)22-19-14(2)9-7-10-15(19)3/h5-11,16H,12H2,1-4H3,(H,21,24)(H,22,23). The van der Waals surface area contributed by atoms with E-state index >= 15 is 0 Å². The Kier molecular flexibility index (Phi) is 6.65. The van der Waals surface area contributed by atoms with Gasteiger partial charge in [-0.25, -0.2) is 0 Å². The zero-order valence-electron chi connectivity index (χ0n) is 15.1. The lowest BCUT2D eigenvalue weighted by Crippen LogP contribution is -2.37. The van der Waals surface area contributed by atoms with Gasteiger partial charge in [0.15, 0.2) is 0 Å². The fraction of sp³-hybridized carbons (Fsp3) is 0.300. The highest BCUT2D eigenvalue weighted by molar-refractivity contribution is 8.00. The van der Waals surface area contributed by atoms with Crippen LogP contribution in [0, 0.1) is 20.8 Å². The molecule has 0 saturated heterocycles. The Morgan fingerprint density at radius 1 is 0.960 bits per heavy atom. The maximum atomic E-state index is 12.2. The molecular weight excluding hydrogens is 332 g/mol. The van der Waals surface area contributed by atoms with Crippen molar-refractivity contribution in [3.05, 3.63) is 59.2 Å². The Morgan fingerprint density at radius 3 is 2.20 bits per heavy atom. The van der Waals surface area contributed by atoms with Crippen molar-refractivity contribution in [2.75, 3.05) is 11.9 Å². The normalized spacial score (nSPS) is 11.7. The monoisotopic (exact) mass is 356 g/mol. The highest BCUT2D eigenvalue weighted by Crippen LogP contribution is 2.26. The molecule has 0 aliphatic carbocycles. The van der Waals surface area contributed by atoms with Gasteiger partial charge in [0.05, 0.1) is 11.8 Å². The van der Waals surface area contributed by atoms with Gasteiger partial charge in [-0.2, -0.15) is 0 Å². The summed E-state index contributed by atoms with van der Waals surface area (Å²) in [5, 5.41) is 5.31. The van der Waals surface area contributed by atoms with E-state index in [0.717, 1.165) is 27.3 Å². The van der Waals surface area contributed by atoms with Crippen molar-refractivity contribution in [1.82, 2.24) is 5.32 Å². The van der Waals surface area contributed by atoms with E-state index in [0.29, 0.717) is 0 Å². The van der Waals surface area contributed by atoms with E-state index in [2.05, 4.69) is 10.6 Å². The summed E-state index contributed by atoms with van der Waals surface area (Å²) in [6.45, 7) is 7.72. The van der Waals surface area contributed by atoms with Gasteiger partial charge in [-0.1, -0.05) is 36.4 Å². The first kappa shape index (κ1) is 19.1. The number of benzene rings is 2. The Bertz CT molecular complexity index is 754. The number of amides is 2. The fourth-order valence-corrected chi connectivity index (χ4v) is 3.42. The highest BCUT2D eigenvalue weighted by atomic mass is 32.2. The van der Waals surface area contributed by atoms with Gasteiger partial charge >= 0.3 is 0 Å². The van der Waals surface area contributed by atoms with Gasteiger partial charge in [0.1, 0.15) is 0 Å². The van der Waals surface area contributed by atoms with Crippen LogP contribution in [0.15, 0.2) is 47.4 Å². The molecule has 0 heterocycles. The quantitative estimate of drug-likeness (QED) is 0.773. The number of hydrogen-bond donors (Lipinski definition) is 2. The lowest BCUT2D eigenvalue weighted by atomic mass is 10.1. The second-order valence-electron chi connectivity index (χ2n) is 6.06. The van der Waals surface area contributed by atoms with Gasteiger partial charge in [-0.15, -0.1) is 11.8 Å². The molecule has 132 valence electrons. The third kappa shape index (κ3) is 5.36. The maximum Gasteiger partial charge on any atom is 0.243 e. The summed E-state index contributed by atoms with van der Waals surface area (Å²) in [5.41, 5.74) is 3.95. The first-order valence-corrected chi connectivity index (χ1v) is 9.12. The largest absolute Gasteiger partial charge is 0.346 e. The number of rotatable bonds is 6. The molecule has 2 aromatic carbocycles. The molecule has 1 atom stereocenters.